The molecule has 31 heavy (non-hydrogen) atoms. The van der Waals surface area contributed by atoms with E-state index in [1.54, 1.807) is 16.9 Å². The number of carbonyl (C=O) groups is 1. The van der Waals surface area contributed by atoms with Crippen LogP contribution < -0.4 is 10.0 Å². The highest BCUT2D eigenvalue weighted by molar-refractivity contribution is 7.84. The molecular formula is C19H26N6O5S. The molecule has 0 bridgehead atoms. The lowest BCUT2D eigenvalue weighted by atomic mass is 10.1. The van der Waals surface area contributed by atoms with E-state index < -0.39 is 22.5 Å². The second kappa shape index (κ2) is 9.64. The molecule has 1 saturated carbocycles. The zero-order valence-corrected chi connectivity index (χ0v) is 18.3. The Morgan fingerprint density at radius 3 is 2.87 bits per heavy atom. The van der Waals surface area contributed by atoms with Crippen LogP contribution in [0, 0.1) is 0 Å². The zero-order valence-electron chi connectivity index (χ0n) is 17.5. The molecule has 2 aromatic rings. The Kier molecular flexibility index (Phi) is 7.15. The summed E-state index contributed by atoms with van der Waals surface area (Å²) >= 11 is 0. The third kappa shape index (κ3) is 5.94. The number of anilines is 1. The SMILES string of the molecule is CNS(=O)(=O)O[C@@H]1C[C@H](Nc2ncncc2C(=O)c2ccn(CC=C(C)C)n2)C[C@@H]1O. The van der Waals surface area contributed by atoms with Gasteiger partial charge in [-0.25, -0.2) is 9.97 Å². The van der Waals surface area contributed by atoms with E-state index in [0.717, 1.165) is 5.57 Å². The standard InChI is InChI=1S/C19H26N6O5S/c1-12(2)4-6-25-7-5-15(24-25)18(27)14-10-21-11-22-19(14)23-13-8-16(26)17(9-13)30-31(28,29)20-3/h4-5,7,10-11,13,16-17,20,26H,6,8-9H2,1-3H3,(H,21,22,23)/t13-,16+,17-/m1/s1. The summed E-state index contributed by atoms with van der Waals surface area (Å²) in [6, 6.07) is 1.28. The predicted molar refractivity (Wildman–Crippen MR) is 113 cm³/mol. The Hall–Kier alpha value is -2.67. The number of nitrogens with zero attached hydrogens (tertiary/aromatic N) is 4. The molecule has 3 N–H and O–H groups in total. The van der Waals surface area contributed by atoms with Gasteiger partial charge in [-0.1, -0.05) is 11.6 Å². The van der Waals surface area contributed by atoms with Crippen molar-refractivity contribution in [1.82, 2.24) is 24.5 Å². The summed E-state index contributed by atoms with van der Waals surface area (Å²) in [6.07, 6.45) is 5.00. The highest BCUT2D eigenvalue weighted by Gasteiger charge is 2.37. The number of hydrogen-bond acceptors (Lipinski definition) is 9. The fourth-order valence-corrected chi connectivity index (χ4v) is 3.84. The monoisotopic (exact) mass is 450 g/mol. The van der Waals surface area contributed by atoms with E-state index in [-0.39, 0.29) is 41.7 Å². The smallest absolute Gasteiger partial charge is 0.335 e. The molecule has 1 aliphatic rings. The van der Waals surface area contributed by atoms with Gasteiger partial charge in [-0.15, -0.1) is 0 Å². The first-order valence-corrected chi connectivity index (χ1v) is 11.2. The van der Waals surface area contributed by atoms with E-state index in [4.69, 9.17) is 4.18 Å². The summed E-state index contributed by atoms with van der Waals surface area (Å²) in [5, 5.41) is 17.6. The molecular weight excluding hydrogens is 424 g/mol. The Labute approximate surface area is 180 Å². The molecule has 3 atom stereocenters. The summed E-state index contributed by atoms with van der Waals surface area (Å²) in [5.41, 5.74) is 1.64. The highest BCUT2D eigenvalue weighted by atomic mass is 32.2. The van der Waals surface area contributed by atoms with Crippen molar-refractivity contribution in [2.75, 3.05) is 12.4 Å². The van der Waals surface area contributed by atoms with E-state index in [2.05, 4.69) is 25.1 Å². The number of aliphatic hydroxyl groups is 1. The van der Waals surface area contributed by atoms with E-state index in [1.165, 1.54) is 19.6 Å². The highest BCUT2D eigenvalue weighted by Crippen LogP contribution is 2.27. The number of hydrogen-bond donors (Lipinski definition) is 3. The number of nitrogens with one attached hydrogen (secondary N) is 2. The van der Waals surface area contributed by atoms with Gasteiger partial charge in [0.1, 0.15) is 23.9 Å². The molecule has 0 aromatic carbocycles. The molecule has 0 amide bonds. The largest absolute Gasteiger partial charge is 0.390 e. The average Bonchev–Trinajstić information content (AvgIpc) is 3.33. The van der Waals surface area contributed by atoms with Gasteiger partial charge < -0.3 is 10.4 Å². The Bertz CT molecular complexity index is 1060. The summed E-state index contributed by atoms with van der Waals surface area (Å²) < 4.78 is 31.9. The summed E-state index contributed by atoms with van der Waals surface area (Å²) in [7, 11) is -2.70. The Morgan fingerprint density at radius 2 is 2.16 bits per heavy atom. The summed E-state index contributed by atoms with van der Waals surface area (Å²) in [6.45, 7) is 4.53. The van der Waals surface area contributed by atoms with E-state index in [1.807, 2.05) is 19.9 Å². The van der Waals surface area contributed by atoms with Crippen molar-refractivity contribution in [2.45, 2.75) is 51.5 Å². The van der Waals surface area contributed by atoms with Gasteiger partial charge in [-0.3, -0.25) is 13.7 Å². The Morgan fingerprint density at radius 1 is 1.39 bits per heavy atom. The van der Waals surface area contributed by atoms with Gasteiger partial charge in [-0.05, 0) is 32.8 Å². The second-order valence-electron chi connectivity index (χ2n) is 7.49. The number of aromatic nitrogens is 4. The molecule has 1 fully saturated rings. The molecule has 168 valence electrons. The maximum absolute atomic E-state index is 13.0. The van der Waals surface area contributed by atoms with Crippen molar-refractivity contribution >= 4 is 21.9 Å². The number of aliphatic hydroxyl groups excluding tert-OH is 1. The molecule has 2 heterocycles. The topological polar surface area (TPSA) is 148 Å². The number of rotatable bonds is 9. The first kappa shape index (κ1) is 23.0. The van der Waals surface area contributed by atoms with Gasteiger partial charge in [0.05, 0.1) is 18.2 Å². The maximum Gasteiger partial charge on any atom is 0.335 e. The van der Waals surface area contributed by atoms with Crippen LogP contribution in [0.2, 0.25) is 0 Å². The lowest BCUT2D eigenvalue weighted by molar-refractivity contribution is 0.0636. The van der Waals surface area contributed by atoms with Crippen LogP contribution in [-0.4, -0.2) is 64.4 Å². The van der Waals surface area contributed by atoms with Crippen LogP contribution in [0.4, 0.5) is 5.82 Å². The summed E-state index contributed by atoms with van der Waals surface area (Å²) in [4.78, 5) is 21.1. The Balaban J connectivity index is 1.72. The van der Waals surface area contributed by atoms with Crippen molar-refractivity contribution in [3.8, 4) is 0 Å². The third-order valence-electron chi connectivity index (χ3n) is 4.83. The molecule has 2 aromatic heterocycles. The van der Waals surface area contributed by atoms with Crippen molar-refractivity contribution in [2.24, 2.45) is 0 Å². The van der Waals surface area contributed by atoms with Gasteiger partial charge >= 0.3 is 10.3 Å². The fraction of sp³-hybridized carbons (Fsp3) is 0.474. The van der Waals surface area contributed by atoms with Crippen molar-refractivity contribution < 1.29 is 22.5 Å². The van der Waals surface area contributed by atoms with Crippen LogP contribution in [0.3, 0.4) is 0 Å². The lowest BCUT2D eigenvalue weighted by Crippen LogP contribution is -2.31. The normalized spacial score (nSPS) is 21.1. The number of ketones is 1. The number of allylic oxidation sites excluding steroid dienone is 2. The minimum absolute atomic E-state index is 0.219. The van der Waals surface area contributed by atoms with Crippen molar-refractivity contribution in [1.29, 1.82) is 0 Å². The molecule has 1 aliphatic carbocycles. The molecule has 0 unspecified atom stereocenters. The average molecular weight is 451 g/mol. The molecule has 11 nitrogen and oxygen atoms in total. The molecule has 3 rings (SSSR count). The molecule has 0 aliphatic heterocycles. The van der Waals surface area contributed by atoms with Crippen LogP contribution in [-0.2, 0) is 21.0 Å². The first-order valence-electron chi connectivity index (χ1n) is 9.76. The van der Waals surface area contributed by atoms with Crippen LogP contribution >= 0.6 is 0 Å². The van der Waals surface area contributed by atoms with Crippen LogP contribution in [0.25, 0.3) is 0 Å². The van der Waals surface area contributed by atoms with Gasteiger partial charge in [0, 0.05) is 25.5 Å². The van der Waals surface area contributed by atoms with Gasteiger partial charge in [0.2, 0.25) is 5.78 Å². The van der Waals surface area contributed by atoms with Gasteiger partial charge in [-0.2, -0.15) is 18.2 Å². The maximum atomic E-state index is 13.0. The van der Waals surface area contributed by atoms with Crippen LogP contribution in [0.15, 0.2) is 36.4 Å². The fourth-order valence-electron chi connectivity index (χ4n) is 3.21. The molecule has 0 spiro atoms. The number of carbonyl (C=O) groups excluding carboxylic acids is 1. The summed E-state index contributed by atoms with van der Waals surface area (Å²) in [5.74, 6) is -0.0590. The van der Waals surface area contributed by atoms with Crippen LogP contribution in [0.1, 0.15) is 42.7 Å². The molecule has 0 radical (unpaired) electrons. The van der Waals surface area contributed by atoms with E-state index in [9.17, 15) is 18.3 Å². The van der Waals surface area contributed by atoms with Gasteiger partial charge in [0.15, 0.2) is 0 Å². The van der Waals surface area contributed by atoms with Gasteiger partial charge in [0.25, 0.3) is 0 Å². The van der Waals surface area contributed by atoms with E-state index in [0.29, 0.717) is 6.54 Å². The lowest BCUT2D eigenvalue weighted by Gasteiger charge is -2.15. The van der Waals surface area contributed by atoms with Crippen LogP contribution in [0.5, 0.6) is 0 Å². The van der Waals surface area contributed by atoms with Crippen molar-refractivity contribution in [3.05, 3.63) is 47.7 Å². The predicted octanol–water partition coefficient (Wildman–Crippen LogP) is 0.655. The zero-order chi connectivity index (χ0) is 22.6. The minimum Gasteiger partial charge on any atom is -0.390 e. The van der Waals surface area contributed by atoms with Crippen molar-refractivity contribution in [3.63, 3.8) is 0 Å². The third-order valence-corrected chi connectivity index (χ3v) is 5.83. The first-order chi connectivity index (χ1) is 14.7. The minimum atomic E-state index is -3.93. The molecule has 12 heteroatoms. The van der Waals surface area contributed by atoms with E-state index >= 15 is 0 Å². The quantitative estimate of drug-likeness (QED) is 0.370. The second-order valence-corrected chi connectivity index (χ2v) is 9.00. The molecule has 0 saturated heterocycles.